The smallest absolute Gasteiger partial charge is 0.254 e. The summed E-state index contributed by atoms with van der Waals surface area (Å²) in [5.41, 5.74) is 2.75. The summed E-state index contributed by atoms with van der Waals surface area (Å²) in [6, 6.07) is 21.3. The largest absolute Gasteiger partial charge is 0.464 e. The Morgan fingerprint density at radius 1 is 0.960 bits per heavy atom. The van der Waals surface area contributed by atoms with Crippen LogP contribution in [0.1, 0.15) is 22.0 Å². The van der Waals surface area contributed by atoms with Gasteiger partial charge in [0.25, 0.3) is 5.91 Å². The topological polar surface area (TPSA) is 42.7 Å². The Morgan fingerprint density at radius 2 is 1.76 bits per heavy atom. The Morgan fingerprint density at radius 3 is 2.48 bits per heavy atom. The summed E-state index contributed by atoms with van der Waals surface area (Å²) < 4.78 is 11.2. The second-order valence-corrected chi connectivity index (χ2v) is 6.08. The molecule has 3 aromatic rings. The lowest BCUT2D eigenvalue weighted by Crippen LogP contribution is -2.42. The summed E-state index contributed by atoms with van der Waals surface area (Å²) in [5.74, 6) is 0.838. The van der Waals surface area contributed by atoms with Crippen LogP contribution < -0.4 is 0 Å². The van der Waals surface area contributed by atoms with Crippen LogP contribution in [0.3, 0.4) is 0 Å². The van der Waals surface area contributed by atoms with Crippen molar-refractivity contribution in [2.45, 2.75) is 6.10 Å². The molecule has 0 saturated carbocycles. The van der Waals surface area contributed by atoms with Gasteiger partial charge in [-0.1, -0.05) is 42.5 Å². The summed E-state index contributed by atoms with van der Waals surface area (Å²) >= 11 is 0. The number of carbonyl (C=O) groups excluding carboxylic acids is 1. The van der Waals surface area contributed by atoms with Crippen molar-refractivity contribution in [3.05, 3.63) is 84.1 Å². The van der Waals surface area contributed by atoms with Crippen molar-refractivity contribution < 1.29 is 13.9 Å². The molecule has 0 N–H and O–H groups in total. The van der Waals surface area contributed by atoms with Gasteiger partial charge in [-0.25, -0.2) is 0 Å². The van der Waals surface area contributed by atoms with Gasteiger partial charge >= 0.3 is 0 Å². The van der Waals surface area contributed by atoms with E-state index in [0.29, 0.717) is 25.3 Å². The minimum atomic E-state index is -0.0682. The van der Waals surface area contributed by atoms with Crippen molar-refractivity contribution >= 4 is 5.91 Å². The van der Waals surface area contributed by atoms with Gasteiger partial charge in [-0.15, -0.1) is 0 Å². The SMILES string of the molecule is O=C(c1ccc(-c2ccco2)cc1)N1CCO[C@H](c2ccccc2)C1. The maximum Gasteiger partial charge on any atom is 0.254 e. The monoisotopic (exact) mass is 333 g/mol. The van der Waals surface area contributed by atoms with Crippen LogP contribution in [0.25, 0.3) is 11.3 Å². The van der Waals surface area contributed by atoms with Crippen LogP contribution in [0.2, 0.25) is 0 Å². The predicted molar refractivity (Wildman–Crippen MR) is 95.2 cm³/mol. The van der Waals surface area contributed by atoms with Gasteiger partial charge < -0.3 is 14.1 Å². The lowest BCUT2D eigenvalue weighted by Gasteiger charge is -2.33. The highest BCUT2D eigenvalue weighted by atomic mass is 16.5. The van der Waals surface area contributed by atoms with Gasteiger partial charge in [0.1, 0.15) is 11.9 Å². The van der Waals surface area contributed by atoms with E-state index in [9.17, 15) is 4.79 Å². The van der Waals surface area contributed by atoms with Crippen LogP contribution >= 0.6 is 0 Å². The normalized spacial score (nSPS) is 17.4. The fourth-order valence-corrected chi connectivity index (χ4v) is 3.11. The number of carbonyl (C=O) groups is 1. The lowest BCUT2D eigenvalue weighted by atomic mass is 10.1. The fourth-order valence-electron chi connectivity index (χ4n) is 3.11. The van der Waals surface area contributed by atoms with E-state index in [1.807, 2.05) is 71.6 Å². The van der Waals surface area contributed by atoms with Gasteiger partial charge in [0.2, 0.25) is 0 Å². The zero-order valence-corrected chi connectivity index (χ0v) is 13.8. The Kier molecular flexibility index (Phi) is 4.36. The van der Waals surface area contributed by atoms with Crippen molar-refractivity contribution in [3.8, 4) is 11.3 Å². The molecule has 0 unspecified atom stereocenters. The fraction of sp³-hybridized carbons (Fsp3) is 0.190. The molecule has 1 amide bonds. The minimum Gasteiger partial charge on any atom is -0.464 e. The van der Waals surface area contributed by atoms with Crippen molar-refractivity contribution in [1.29, 1.82) is 0 Å². The van der Waals surface area contributed by atoms with Gasteiger partial charge in [0.15, 0.2) is 0 Å². The molecule has 4 rings (SSSR count). The second kappa shape index (κ2) is 6.95. The number of nitrogens with zero attached hydrogens (tertiary/aromatic N) is 1. The average molecular weight is 333 g/mol. The standard InChI is InChI=1S/C21H19NO3/c23-21(18-10-8-17(9-11-18)19-7-4-13-24-19)22-12-14-25-20(15-22)16-5-2-1-3-6-16/h1-11,13,20H,12,14-15H2/t20-/m0/s1. The van der Waals surface area contributed by atoms with Crippen LogP contribution in [0.4, 0.5) is 0 Å². The van der Waals surface area contributed by atoms with Crippen LogP contribution in [-0.4, -0.2) is 30.5 Å². The molecular formula is C21H19NO3. The minimum absolute atomic E-state index is 0.0372. The first-order chi connectivity index (χ1) is 12.3. The van der Waals surface area contributed by atoms with E-state index in [2.05, 4.69) is 0 Å². The molecule has 0 spiro atoms. The first-order valence-corrected chi connectivity index (χ1v) is 8.41. The number of benzene rings is 2. The number of amides is 1. The van der Waals surface area contributed by atoms with Gasteiger partial charge in [-0.2, -0.15) is 0 Å². The molecule has 4 nitrogen and oxygen atoms in total. The number of morpholine rings is 1. The molecule has 1 aliphatic heterocycles. The highest BCUT2D eigenvalue weighted by Gasteiger charge is 2.26. The third-order valence-electron chi connectivity index (χ3n) is 4.46. The molecule has 1 fully saturated rings. The zero-order chi connectivity index (χ0) is 17.1. The van der Waals surface area contributed by atoms with Crippen LogP contribution in [-0.2, 0) is 4.74 Å². The van der Waals surface area contributed by atoms with Crippen molar-refractivity contribution in [2.24, 2.45) is 0 Å². The Balaban J connectivity index is 1.48. The van der Waals surface area contributed by atoms with E-state index in [-0.39, 0.29) is 12.0 Å². The number of rotatable bonds is 3. The quantitative estimate of drug-likeness (QED) is 0.723. The predicted octanol–water partition coefficient (Wildman–Crippen LogP) is 4.16. The van der Waals surface area contributed by atoms with E-state index in [0.717, 1.165) is 16.9 Å². The average Bonchev–Trinajstić information content (AvgIpc) is 3.23. The summed E-state index contributed by atoms with van der Waals surface area (Å²) in [5, 5.41) is 0. The third-order valence-corrected chi connectivity index (χ3v) is 4.46. The van der Waals surface area contributed by atoms with E-state index in [4.69, 9.17) is 9.15 Å². The van der Waals surface area contributed by atoms with Crippen LogP contribution in [0.15, 0.2) is 77.4 Å². The first-order valence-electron chi connectivity index (χ1n) is 8.41. The lowest BCUT2D eigenvalue weighted by molar-refractivity contribution is -0.0228. The van der Waals surface area contributed by atoms with Crippen LogP contribution in [0, 0.1) is 0 Å². The highest BCUT2D eigenvalue weighted by Crippen LogP contribution is 2.24. The molecule has 126 valence electrons. The van der Waals surface area contributed by atoms with E-state index < -0.39 is 0 Å². The number of hydrogen-bond donors (Lipinski definition) is 0. The second-order valence-electron chi connectivity index (χ2n) is 6.08. The molecule has 1 saturated heterocycles. The third kappa shape index (κ3) is 3.35. The van der Waals surface area contributed by atoms with E-state index >= 15 is 0 Å². The molecule has 25 heavy (non-hydrogen) atoms. The maximum absolute atomic E-state index is 12.8. The Bertz CT molecular complexity index is 825. The molecule has 2 aromatic carbocycles. The molecular weight excluding hydrogens is 314 g/mol. The molecule has 1 atom stereocenters. The van der Waals surface area contributed by atoms with Crippen molar-refractivity contribution in [2.75, 3.05) is 19.7 Å². The van der Waals surface area contributed by atoms with Gasteiger partial charge in [-0.3, -0.25) is 4.79 Å². The number of furan rings is 1. The van der Waals surface area contributed by atoms with Gasteiger partial charge in [-0.05, 0) is 29.8 Å². The first kappa shape index (κ1) is 15.7. The molecule has 1 aliphatic rings. The molecule has 0 radical (unpaired) electrons. The Hall–Kier alpha value is -2.85. The summed E-state index contributed by atoms with van der Waals surface area (Å²) in [6.45, 7) is 1.74. The van der Waals surface area contributed by atoms with Crippen LogP contribution in [0.5, 0.6) is 0 Å². The molecule has 1 aromatic heterocycles. The Labute approximate surface area is 146 Å². The molecule has 2 heterocycles. The van der Waals surface area contributed by atoms with E-state index in [1.54, 1.807) is 6.26 Å². The number of hydrogen-bond acceptors (Lipinski definition) is 3. The summed E-state index contributed by atoms with van der Waals surface area (Å²) in [6.07, 6.45) is 1.58. The number of ether oxygens (including phenoxy) is 1. The summed E-state index contributed by atoms with van der Waals surface area (Å²) in [4.78, 5) is 14.7. The molecule has 4 heteroatoms. The van der Waals surface area contributed by atoms with E-state index in [1.165, 1.54) is 0 Å². The van der Waals surface area contributed by atoms with Gasteiger partial charge in [0, 0.05) is 17.7 Å². The van der Waals surface area contributed by atoms with Crippen molar-refractivity contribution in [3.63, 3.8) is 0 Å². The molecule has 0 bridgehead atoms. The highest BCUT2D eigenvalue weighted by molar-refractivity contribution is 5.94. The van der Waals surface area contributed by atoms with Crippen molar-refractivity contribution in [1.82, 2.24) is 4.90 Å². The zero-order valence-electron chi connectivity index (χ0n) is 13.8. The summed E-state index contributed by atoms with van der Waals surface area (Å²) in [7, 11) is 0. The molecule has 0 aliphatic carbocycles. The van der Waals surface area contributed by atoms with Gasteiger partial charge in [0.05, 0.1) is 19.4 Å². The maximum atomic E-state index is 12.8.